The standard InChI is InChI=1S/C24H26N2O4/c1-16-5-10-21-18(12-16)13-19(23(27)25-21)15-26(24(28)22-4-3-11-30-22)14-17-6-8-20(29-2)9-7-17/h5-10,12-13,22H,3-4,11,14-15H2,1-2H3,(H,25,27)/t22-/m1/s1. The highest BCUT2D eigenvalue weighted by Gasteiger charge is 2.29. The van der Waals surface area contributed by atoms with Crippen molar-refractivity contribution >= 4 is 16.8 Å². The molecule has 0 spiro atoms. The van der Waals surface area contributed by atoms with Crippen molar-refractivity contribution in [2.75, 3.05) is 13.7 Å². The van der Waals surface area contributed by atoms with Gasteiger partial charge in [-0.2, -0.15) is 0 Å². The van der Waals surface area contributed by atoms with Crippen LogP contribution >= 0.6 is 0 Å². The molecule has 6 nitrogen and oxygen atoms in total. The molecule has 1 fully saturated rings. The van der Waals surface area contributed by atoms with Gasteiger partial charge in [0.05, 0.1) is 13.7 Å². The van der Waals surface area contributed by atoms with E-state index in [1.54, 1.807) is 12.0 Å². The van der Waals surface area contributed by atoms with Gasteiger partial charge in [0.25, 0.3) is 11.5 Å². The molecular weight excluding hydrogens is 380 g/mol. The Labute approximate surface area is 175 Å². The number of aromatic amines is 1. The molecule has 156 valence electrons. The quantitative estimate of drug-likeness (QED) is 0.680. The number of carbonyl (C=O) groups excluding carboxylic acids is 1. The van der Waals surface area contributed by atoms with Crippen LogP contribution in [0.25, 0.3) is 10.9 Å². The molecule has 1 amide bonds. The van der Waals surface area contributed by atoms with Crippen LogP contribution in [0.3, 0.4) is 0 Å². The zero-order valence-corrected chi connectivity index (χ0v) is 17.3. The van der Waals surface area contributed by atoms with Crippen molar-refractivity contribution in [3.63, 3.8) is 0 Å². The number of pyridine rings is 1. The summed E-state index contributed by atoms with van der Waals surface area (Å²) in [6.45, 7) is 3.24. The molecule has 0 bridgehead atoms. The minimum Gasteiger partial charge on any atom is -0.497 e. The molecule has 1 aliphatic heterocycles. The van der Waals surface area contributed by atoms with Crippen LogP contribution in [0.2, 0.25) is 0 Å². The number of ether oxygens (including phenoxy) is 2. The number of nitrogens with zero attached hydrogens (tertiary/aromatic N) is 1. The zero-order chi connectivity index (χ0) is 21.1. The summed E-state index contributed by atoms with van der Waals surface area (Å²) in [4.78, 5) is 30.5. The Balaban J connectivity index is 1.64. The number of hydrogen-bond acceptors (Lipinski definition) is 4. The smallest absolute Gasteiger partial charge is 0.253 e. The van der Waals surface area contributed by atoms with Gasteiger partial charge in [-0.3, -0.25) is 9.59 Å². The molecule has 0 unspecified atom stereocenters. The summed E-state index contributed by atoms with van der Waals surface area (Å²) in [7, 11) is 1.62. The maximum Gasteiger partial charge on any atom is 0.253 e. The summed E-state index contributed by atoms with van der Waals surface area (Å²) in [6.07, 6.45) is 1.15. The zero-order valence-electron chi connectivity index (χ0n) is 17.3. The Bertz CT molecular complexity index is 1100. The van der Waals surface area contributed by atoms with E-state index in [9.17, 15) is 9.59 Å². The number of carbonyl (C=O) groups is 1. The van der Waals surface area contributed by atoms with Crippen molar-refractivity contribution < 1.29 is 14.3 Å². The van der Waals surface area contributed by atoms with E-state index in [4.69, 9.17) is 9.47 Å². The van der Waals surface area contributed by atoms with Crippen LogP contribution in [0.15, 0.2) is 53.3 Å². The topological polar surface area (TPSA) is 71.6 Å². The SMILES string of the molecule is COc1ccc(CN(Cc2cc3cc(C)ccc3[nH]c2=O)C(=O)[C@H]2CCCO2)cc1. The summed E-state index contributed by atoms with van der Waals surface area (Å²) in [6, 6.07) is 15.4. The van der Waals surface area contributed by atoms with Crippen molar-refractivity contribution in [1.82, 2.24) is 9.88 Å². The Morgan fingerprint density at radius 2 is 1.97 bits per heavy atom. The third-order valence-electron chi connectivity index (χ3n) is 5.49. The number of rotatable bonds is 6. The lowest BCUT2D eigenvalue weighted by Gasteiger charge is -2.25. The molecule has 1 aliphatic rings. The van der Waals surface area contributed by atoms with E-state index in [0.29, 0.717) is 25.1 Å². The minimum absolute atomic E-state index is 0.0768. The van der Waals surface area contributed by atoms with Gasteiger partial charge in [0, 0.05) is 24.2 Å². The number of H-pyrrole nitrogens is 1. The van der Waals surface area contributed by atoms with E-state index in [0.717, 1.165) is 34.2 Å². The molecular formula is C24H26N2O4. The van der Waals surface area contributed by atoms with Crippen LogP contribution < -0.4 is 10.3 Å². The summed E-state index contributed by atoms with van der Waals surface area (Å²) in [5.74, 6) is 0.684. The molecule has 4 rings (SSSR count). The van der Waals surface area contributed by atoms with Gasteiger partial charge >= 0.3 is 0 Å². The molecule has 30 heavy (non-hydrogen) atoms. The monoisotopic (exact) mass is 406 g/mol. The molecule has 1 atom stereocenters. The number of aromatic nitrogens is 1. The summed E-state index contributed by atoms with van der Waals surface area (Å²) in [5.41, 5.74) is 3.27. The van der Waals surface area contributed by atoms with E-state index in [2.05, 4.69) is 4.98 Å². The number of amides is 1. The second-order valence-corrected chi connectivity index (χ2v) is 7.76. The molecule has 6 heteroatoms. The maximum absolute atomic E-state index is 13.2. The molecule has 3 aromatic rings. The van der Waals surface area contributed by atoms with E-state index >= 15 is 0 Å². The van der Waals surface area contributed by atoms with Gasteiger partial charge in [-0.15, -0.1) is 0 Å². The third kappa shape index (κ3) is 4.39. The fourth-order valence-corrected chi connectivity index (χ4v) is 3.83. The fraction of sp³-hybridized carbons (Fsp3) is 0.333. The van der Waals surface area contributed by atoms with Gasteiger partial charge in [-0.1, -0.05) is 23.8 Å². The molecule has 1 aromatic heterocycles. The van der Waals surface area contributed by atoms with E-state index in [1.807, 2.05) is 55.5 Å². The van der Waals surface area contributed by atoms with Crippen LogP contribution in [0.5, 0.6) is 5.75 Å². The van der Waals surface area contributed by atoms with Gasteiger partial charge in [-0.25, -0.2) is 0 Å². The third-order valence-corrected chi connectivity index (χ3v) is 5.49. The summed E-state index contributed by atoms with van der Waals surface area (Å²) in [5, 5.41) is 0.957. The Kier molecular flexibility index (Phi) is 5.86. The number of nitrogens with one attached hydrogen (secondary N) is 1. The van der Waals surface area contributed by atoms with Crippen LogP contribution in [0.4, 0.5) is 0 Å². The Morgan fingerprint density at radius 3 is 2.67 bits per heavy atom. The highest BCUT2D eigenvalue weighted by Crippen LogP contribution is 2.20. The second kappa shape index (κ2) is 8.71. The molecule has 0 aliphatic carbocycles. The molecule has 1 N–H and O–H groups in total. The van der Waals surface area contributed by atoms with Crippen molar-refractivity contribution in [2.24, 2.45) is 0 Å². The van der Waals surface area contributed by atoms with Crippen LogP contribution in [0, 0.1) is 6.92 Å². The highest BCUT2D eigenvalue weighted by atomic mass is 16.5. The van der Waals surface area contributed by atoms with Gasteiger partial charge < -0.3 is 19.4 Å². The van der Waals surface area contributed by atoms with Gasteiger partial charge in [-0.05, 0) is 61.0 Å². The normalized spacial score (nSPS) is 16.0. The van der Waals surface area contributed by atoms with Crippen molar-refractivity contribution in [2.45, 2.75) is 39.0 Å². The summed E-state index contributed by atoms with van der Waals surface area (Å²) >= 11 is 0. The lowest BCUT2D eigenvalue weighted by Crippen LogP contribution is -2.39. The average Bonchev–Trinajstić information content (AvgIpc) is 3.29. The number of fused-ring (bicyclic) bond motifs is 1. The van der Waals surface area contributed by atoms with E-state index in [1.165, 1.54) is 0 Å². The molecule has 1 saturated heterocycles. The van der Waals surface area contributed by atoms with Gasteiger partial charge in [0.15, 0.2) is 0 Å². The first kappa shape index (κ1) is 20.2. The predicted octanol–water partition coefficient (Wildman–Crippen LogP) is 3.55. The Morgan fingerprint density at radius 1 is 1.17 bits per heavy atom. The van der Waals surface area contributed by atoms with Crippen molar-refractivity contribution in [3.05, 3.63) is 75.6 Å². The van der Waals surface area contributed by atoms with Gasteiger partial charge in [0.1, 0.15) is 11.9 Å². The number of methoxy groups -OCH3 is 1. The van der Waals surface area contributed by atoms with Crippen LogP contribution in [0.1, 0.15) is 29.5 Å². The largest absolute Gasteiger partial charge is 0.497 e. The first-order valence-electron chi connectivity index (χ1n) is 10.2. The van der Waals surface area contributed by atoms with E-state index in [-0.39, 0.29) is 18.0 Å². The molecule has 2 aromatic carbocycles. The van der Waals surface area contributed by atoms with Gasteiger partial charge in [0.2, 0.25) is 0 Å². The highest BCUT2D eigenvalue weighted by molar-refractivity contribution is 5.82. The Hall–Kier alpha value is -3.12. The molecule has 0 saturated carbocycles. The lowest BCUT2D eigenvalue weighted by atomic mass is 10.1. The average molecular weight is 406 g/mol. The van der Waals surface area contributed by atoms with Crippen molar-refractivity contribution in [1.29, 1.82) is 0 Å². The number of aryl methyl sites for hydroxylation is 1. The minimum atomic E-state index is -0.440. The molecule has 0 radical (unpaired) electrons. The van der Waals surface area contributed by atoms with Crippen molar-refractivity contribution in [3.8, 4) is 5.75 Å². The van der Waals surface area contributed by atoms with E-state index < -0.39 is 6.10 Å². The molecule has 2 heterocycles. The second-order valence-electron chi connectivity index (χ2n) is 7.76. The lowest BCUT2D eigenvalue weighted by molar-refractivity contribution is -0.142. The van der Waals surface area contributed by atoms with Crippen LogP contribution in [-0.2, 0) is 22.6 Å². The number of hydrogen-bond donors (Lipinski definition) is 1. The predicted molar refractivity (Wildman–Crippen MR) is 116 cm³/mol. The summed E-state index contributed by atoms with van der Waals surface area (Å²) < 4.78 is 10.8. The maximum atomic E-state index is 13.2. The first-order chi connectivity index (χ1) is 14.5. The number of benzene rings is 2. The van der Waals surface area contributed by atoms with Crippen LogP contribution in [-0.4, -0.2) is 35.6 Å². The fourth-order valence-electron chi connectivity index (χ4n) is 3.83. The first-order valence-corrected chi connectivity index (χ1v) is 10.2.